The van der Waals surface area contributed by atoms with Crippen LogP contribution in [0.5, 0.6) is 5.75 Å². The Kier molecular flexibility index (Phi) is 5.15. The topological polar surface area (TPSA) is 75.6 Å². The summed E-state index contributed by atoms with van der Waals surface area (Å²) >= 11 is 1.23. The van der Waals surface area contributed by atoms with Gasteiger partial charge < -0.3 is 15.2 Å². The summed E-state index contributed by atoms with van der Waals surface area (Å²) in [6.45, 7) is 3.69. The zero-order chi connectivity index (χ0) is 13.7. The number of hydrogen-bond donors (Lipinski definition) is 2. The Morgan fingerprint density at radius 1 is 1.56 bits per heavy atom. The van der Waals surface area contributed by atoms with Crippen molar-refractivity contribution < 1.29 is 19.4 Å². The molecule has 2 atom stereocenters. The fourth-order valence-corrected chi connectivity index (χ4v) is 2.20. The highest BCUT2D eigenvalue weighted by atomic mass is 32.1. The summed E-state index contributed by atoms with van der Waals surface area (Å²) in [5.74, 6) is -0.911. The van der Waals surface area contributed by atoms with Gasteiger partial charge in [0.25, 0.3) is 5.91 Å². The van der Waals surface area contributed by atoms with Crippen LogP contribution in [0.4, 0.5) is 0 Å². The van der Waals surface area contributed by atoms with Crippen molar-refractivity contribution in [2.75, 3.05) is 7.11 Å². The molecular weight excluding hydrogens is 254 g/mol. The number of amides is 1. The van der Waals surface area contributed by atoms with Crippen molar-refractivity contribution in [2.24, 2.45) is 5.92 Å². The van der Waals surface area contributed by atoms with Crippen LogP contribution >= 0.6 is 11.3 Å². The van der Waals surface area contributed by atoms with Crippen LogP contribution in [0.1, 0.15) is 29.9 Å². The normalized spacial score (nSPS) is 13.7. The second-order valence-electron chi connectivity index (χ2n) is 4.03. The summed E-state index contributed by atoms with van der Waals surface area (Å²) in [6.07, 6.45) is 0.686. The molecule has 0 bridgehead atoms. The van der Waals surface area contributed by atoms with Gasteiger partial charge in [-0.05, 0) is 5.92 Å². The van der Waals surface area contributed by atoms with E-state index in [-0.39, 0.29) is 11.8 Å². The van der Waals surface area contributed by atoms with Gasteiger partial charge in [-0.25, -0.2) is 4.79 Å². The van der Waals surface area contributed by atoms with E-state index in [1.807, 2.05) is 6.92 Å². The Hall–Kier alpha value is -1.56. The Bertz CT molecular complexity index is 429. The third kappa shape index (κ3) is 3.46. The van der Waals surface area contributed by atoms with Crippen molar-refractivity contribution >= 4 is 23.2 Å². The Balaban J connectivity index is 2.75. The Morgan fingerprint density at radius 3 is 2.67 bits per heavy atom. The molecule has 0 fully saturated rings. The van der Waals surface area contributed by atoms with E-state index in [2.05, 4.69) is 5.32 Å². The summed E-state index contributed by atoms with van der Waals surface area (Å²) in [5.41, 5.74) is 0. The molecular formula is C12H17NO4S. The number of carboxylic acid groups (broad SMARTS) is 1. The molecule has 0 aliphatic heterocycles. The highest BCUT2D eigenvalue weighted by Crippen LogP contribution is 2.21. The molecule has 0 saturated carbocycles. The highest BCUT2D eigenvalue weighted by molar-refractivity contribution is 7.12. The number of methoxy groups -OCH3 is 1. The van der Waals surface area contributed by atoms with Crippen molar-refractivity contribution in [1.29, 1.82) is 0 Å². The maximum absolute atomic E-state index is 11.9. The van der Waals surface area contributed by atoms with Crippen molar-refractivity contribution in [3.63, 3.8) is 0 Å². The second-order valence-corrected chi connectivity index (χ2v) is 4.94. The lowest BCUT2D eigenvalue weighted by Gasteiger charge is -2.19. The molecule has 1 rings (SSSR count). The van der Waals surface area contributed by atoms with E-state index >= 15 is 0 Å². The van der Waals surface area contributed by atoms with Gasteiger partial charge in [-0.1, -0.05) is 20.3 Å². The SMILES string of the molecule is CCC(C)C(NC(=O)c1cc(OC)cs1)C(=O)O. The minimum atomic E-state index is -1.01. The zero-order valence-corrected chi connectivity index (χ0v) is 11.4. The van der Waals surface area contributed by atoms with E-state index in [0.29, 0.717) is 17.0 Å². The quantitative estimate of drug-likeness (QED) is 0.829. The highest BCUT2D eigenvalue weighted by Gasteiger charge is 2.26. The lowest BCUT2D eigenvalue weighted by atomic mass is 9.99. The molecule has 1 aromatic heterocycles. The van der Waals surface area contributed by atoms with E-state index in [9.17, 15) is 9.59 Å². The van der Waals surface area contributed by atoms with Crippen LogP contribution in [0.2, 0.25) is 0 Å². The third-order valence-corrected chi connectivity index (χ3v) is 3.71. The van der Waals surface area contributed by atoms with Crippen LogP contribution in [0, 0.1) is 5.92 Å². The van der Waals surface area contributed by atoms with Crippen LogP contribution < -0.4 is 10.1 Å². The molecule has 0 aliphatic rings. The summed E-state index contributed by atoms with van der Waals surface area (Å²) < 4.78 is 4.98. The number of aliphatic carboxylic acids is 1. The molecule has 0 aromatic carbocycles. The third-order valence-electron chi connectivity index (χ3n) is 2.80. The molecule has 18 heavy (non-hydrogen) atoms. The predicted octanol–water partition coefficient (Wildman–Crippen LogP) is 1.99. The fourth-order valence-electron chi connectivity index (χ4n) is 1.44. The lowest BCUT2D eigenvalue weighted by Crippen LogP contribution is -2.44. The molecule has 0 aliphatic carbocycles. The molecule has 2 N–H and O–H groups in total. The molecule has 0 spiro atoms. The first-order valence-electron chi connectivity index (χ1n) is 5.65. The van der Waals surface area contributed by atoms with Crippen LogP contribution in [-0.2, 0) is 4.79 Å². The number of nitrogens with one attached hydrogen (secondary N) is 1. The number of thiophene rings is 1. The van der Waals surface area contributed by atoms with Crippen LogP contribution in [0.15, 0.2) is 11.4 Å². The molecule has 2 unspecified atom stereocenters. The fraction of sp³-hybridized carbons (Fsp3) is 0.500. The summed E-state index contributed by atoms with van der Waals surface area (Å²) in [6, 6.07) is 0.728. The van der Waals surface area contributed by atoms with E-state index < -0.39 is 12.0 Å². The maximum atomic E-state index is 11.9. The lowest BCUT2D eigenvalue weighted by molar-refractivity contribution is -0.140. The summed E-state index contributed by atoms with van der Waals surface area (Å²) in [5, 5.41) is 13.3. The van der Waals surface area contributed by atoms with Gasteiger partial charge in [0.2, 0.25) is 0 Å². The molecule has 1 heterocycles. The Labute approximate surface area is 110 Å². The number of ether oxygens (including phenoxy) is 1. The van der Waals surface area contributed by atoms with Gasteiger partial charge in [-0.3, -0.25) is 4.79 Å². The van der Waals surface area contributed by atoms with Crippen LogP contribution in [-0.4, -0.2) is 30.1 Å². The molecule has 1 amide bonds. The molecule has 0 saturated heterocycles. The van der Waals surface area contributed by atoms with Gasteiger partial charge >= 0.3 is 5.97 Å². The average molecular weight is 271 g/mol. The predicted molar refractivity (Wildman–Crippen MR) is 69.2 cm³/mol. The number of carboxylic acids is 1. The zero-order valence-electron chi connectivity index (χ0n) is 10.6. The van der Waals surface area contributed by atoms with E-state index in [0.717, 1.165) is 0 Å². The van der Waals surface area contributed by atoms with Crippen LogP contribution in [0.3, 0.4) is 0 Å². The molecule has 0 radical (unpaired) electrons. The minimum absolute atomic E-state index is 0.117. The van der Waals surface area contributed by atoms with Gasteiger partial charge in [-0.2, -0.15) is 0 Å². The van der Waals surface area contributed by atoms with Crippen molar-refractivity contribution in [2.45, 2.75) is 26.3 Å². The largest absolute Gasteiger partial charge is 0.496 e. The standard InChI is InChI=1S/C12H17NO4S/c1-4-7(2)10(12(15)16)13-11(14)9-5-8(17-3)6-18-9/h5-7,10H,4H2,1-3H3,(H,13,14)(H,15,16). The van der Waals surface area contributed by atoms with Crippen molar-refractivity contribution in [3.05, 3.63) is 16.3 Å². The first kappa shape index (κ1) is 14.5. The number of rotatable bonds is 6. The van der Waals surface area contributed by atoms with Crippen molar-refractivity contribution in [3.8, 4) is 5.75 Å². The van der Waals surface area contributed by atoms with E-state index in [4.69, 9.17) is 9.84 Å². The van der Waals surface area contributed by atoms with E-state index in [1.165, 1.54) is 18.4 Å². The van der Waals surface area contributed by atoms with E-state index in [1.54, 1.807) is 18.4 Å². The average Bonchev–Trinajstić information content (AvgIpc) is 2.83. The minimum Gasteiger partial charge on any atom is -0.496 e. The van der Waals surface area contributed by atoms with Gasteiger partial charge in [0.1, 0.15) is 11.8 Å². The van der Waals surface area contributed by atoms with Gasteiger partial charge in [0.15, 0.2) is 0 Å². The smallest absolute Gasteiger partial charge is 0.326 e. The van der Waals surface area contributed by atoms with Crippen LogP contribution in [0.25, 0.3) is 0 Å². The van der Waals surface area contributed by atoms with Gasteiger partial charge in [0.05, 0.1) is 12.0 Å². The Morgan fingerprint density at radius 2 is 2.22 bits per heavy atom. The summed E-state index contributed by atoms with van der Waals surface area (Å²) in [7, 11) is 1.52. The van der Waals surface area contributed by atoms with Crippen molar-refractivity contribution in [1.82, 2.24) is 5.32 Å². The first-order chi connectivity index (χ1) is 8.49. The molecule has 1 aromatic rings. The molecule has 5 nitrogen and oxygen atoms in total. The first-order valence-corrected chi connectivity index (χ1v) is 6.53. The number of carbonyl (C=O) groups is 2. The van der Waals surface area contributed by atoms with Gasteiger partial charge in [-0.15, -0.1) is 11.3 Å². The second kappa shape index (κ2) is 6.39. The number of carbonyl (C=O) groups excluding carboxylic acids is 1. The maximum Gasteiger partial charge on any atom is 0.326 e. The monoisotopic (exact) mass is 271 g/mol. The molecule has 6 heteroatoms. The van der Waals surface area contributed by atoms with Gasteiger partial charge in [0, 0.05) is 11.4 Å². The summed E-state index contributed by atoms with van der Waals surface area (Å²) in [4.78, 5) is 23.4. The molecule has 100 valence electrons. The number of hydrogen-bond acceptors (Lipinski definition) is 4.